The van der Waals surface area contributed by atoms with Crippen LogP contribution in [0.2, 0.25) is 0 Å². The van der Waals surface area contributed by atoms with Crippen LogP contribution in [0.3, 0.4) is 0 Å². The van der Waals surface area contributed by atoms with Gasteiger partial charge in [0.05, 0.1) is 30.2 Å². The monoisotopic (exact) mass is 284 g/mol. The lowest BCUT2D eigenvalue weighted by atomic mass is 10.2. The number of amides is 1. The zero-order valence-electron chi connectivity index (χ0n) is 11.8. The van der Waals surface area contributed by atoms with Crippen LogP contribution in [0, 0.1) is 5.92 Å². The summed E-state index contributed by atoms with van der Waals surface area (Å²) in [7, 11) is 0. The SMILES string of the molecule is C[C@H]1CCN(c2cnc(-n3cc4c(n3)CNC4=O)cn2)C1. The summed E-state index contributed by atoms with van der Waals surface area (Å²) < 4.78 is 1.62. The van der Waals surface area contributed by atoms with Gasteiger partial charge in [-0.1, -0.05) is 6.92 Å². The fourth-order valence-corrected chi connectivity index (χ4v) is 2.85. The molecule has 0 aromatic carbocycles. The van der Waals surface area contributed by atoms with Gasteiger partial charge < -0.3 is 10.2 Å². The largest absolute Gasteiger partial charge is 0.355 e. The fraction of sp³-hybridized carbons (Fsp3) is 0.429. The number of carbonyl (C=O) groups is 1. The van der Waals surface area contributed by atoms with Crippen molar-refractivity contribution >= 4 is 11.7 Å². The Morgan fingerprint density at radius 2 is 2.10 bits per heavy atom. The highest BCUT2D eigenvalue weighted by Gasteiger charge is 2.24. The lowest BCUT2D eigenvalue weighted by molar-refractivity contribution is 0.0965. The van der Waals surface area contributed by atoms with Gasteiger partial charge in [-0.15, -0.1) is 0 Å². The van der Waals surface area contributed by atoms with Crippen molar-refractivity contribution in [2.75, 3.05) is 18.0 Å². The molecule has 0 spiro atoms. The average Bonchev–Trinajstić information content (AvgIpc) is 3.17. The Labute approximate surface area is 122 Å². The molecule has 7 heteroatoms. The van der Waals surface area contributed by atoms with Gasteiger partial charge in [0.1, 0.15) is 5.82 Å². The first-order valence-electron chi connectivity index (χ1n) is 7.15. The zero-order chi connectivity index (χ0) is 14.4. The molecule has 1 fully saturated rings. The summed E-state index contributed by atoms with van der Waals surface area (Å²) in [4.78, 5) is 22.7. The molecular formula is C14H16N6O. The molecule has 2 aromatic heterocycles. The molecule has 1 amide bonds. The summed E-state index contributed by atoms with van der Waals surface area (Å²) in [5.41, 5.74) is 1.38. The van der Waals surface area contributed by atoms with E-state index < -0.39 is 0 Å². The van der Waals surface area contributed by atoms with Crippen LogP contribution in [0.5, 0.6) is 0 Å². The Balaban J connectivity index is 1.59. The number of anilines is 1. The van der Waals surface area contributed by atoms with Crippen molar-refractivity contribution in [2.24, 2.45) is 5.92 Å². The Morgan fingerprint density at radius 1 is 1.29 bits per heavy atom. The maximum absolute atomic E-state index is 11.6. The van der Waals surface area contributed by atoms with Crippen molar-refractivity contribution in [3.05, 3.63) is 29.8 Å². The first kappa shape index (κ1) is 12.3. The third kappa shape index (κ3) is 2.05. The van der Waals surface area contributed by atoms with E-state index in [2.05, 4.69) is 32.2 Å². The summed E-state index contributed by atoms with van der Waals surface area (Å²) in [6.45, 7) is 4.80. The summed E-state index contributed by atoms with van der Waals surface area (Å²) >= 11 is 0. The molecule has 108 valence electrons. The lowest BCUT2D eigenvalue weighted by Gasteiger charge is -2.16. The molecule has 4 heterocycles. The third-order valence-electron chi connectivity index (χ3n) is 4.06. The number of hydrogen-bond acceptors (Lipinski definition) is 5. The van der Waals surface area contributed by atoms with Gasteiger partial charge >= 0.3 is 0 Å². The van der Waals surface area contributed by atoms with Crippen LogP contribution in [-0.2, 0) is 6.54 Å². The van der Waals surface area contributed by atoms with E-state index in [-0.39, 0.29) is 5.91 Å². The Hall–Kier alpha value is -2.44. The van der Waals surface area contributed by atoms with Crippen molar-refractivity contribution in [3.63, 3.8) is 0 Å². The van der Waals surface area contributed by atoms with Crippen LogP contribution >= 0.6 is 0 Å². The lowest BCUT2D eigenvalue weighted by Crippen LogP contribution is -2.20. The molecule has 2 aromatic rings. The van der Waals surface area contributed by atoms with Gasteiger partial charge in [0.15, 0.2) is 5.82 Å². The van der Waals surface area contributed by atoms with E-state index in [4.69, 9.17) is 0 Å². The van der Waals surface area contributed by atoms with Crippen LogP contribution in [0.4, 0.5) is 5.82 Å². The quantitative estimate of drug-likeness (QED) is 0.880. The summed E-state index contributed by atoms with van der Waals surface area (Å²) in [5, 5.41) is 7.10. The van der Waals surface area contributed by atoms with E-state index in [1.807, 2.05) is 0 Å². The molecule has 1 atom stereocenters. The summed E-state index contributed by atoms with van der Waals surface area (Å²) in [6.07, 6.45) is 6.39. The molecule has 0 unspecified atom stereocenters. The maximum Gasteiger partial charge on any atom is 0.255 e. The van der Waals surface area contributed by atoms with Crippen molar-refractivity contribution in [1.29, 1.82) is 0 Å². The minimum atomic E-state index is -0.0770. The Bertz CT molecular complexity index is 692. The van der Waals surface area contributed by atoms with Crippen LogP contribution in [-0.4, -0.2) is 38.7 Å². The minimum Gasteiger partial charge on any atom is -0.355 e. The Morgan fingerprint density at radius 3 is 2.76 bits per heavy atom. The van der Waals surface area contributed by atoms with Crippen LogP contribution in [0.25, 0.3) is 5.82 Å². The van der Waals surface area contributed by atoms with Gasteiger partial charge in [0, 0.05) is 19.3 Å². The van der Waals surface area contributed by atoms with Crippen LogP contribution < -0.4 is 10.2 Å². The van der Waals surface area contributed by atoms with E-state index in [9.17, 15) is 4.79 Å². The zero-order valence-corrected chi connectivity index (χ0v) is 11.8. The van der Waals surface area contributed by atoms with Gasteiger partial charge in [-0.25, -0.2) is 14.6 Å². The highest BCUT2D eigenvalue weighted by Crippen LogP contribution is 2.21. The second-order valence-corrected chi connectivity index (χ2v) is 5.69. The molecule has 2 aliphatic rings. The maximum atomic E-state index is 11.6. The molecule has 2 aliphatic heterocycles. The third-order valence-corrected chi connectivity index (χ3v) is 4.06. The number of rotatable bonds is 2. The smallest absolute Gasteiger partial charge is 0.255 e. The highest BCUT2D eigenvalue weighted by molar-refractivity contribution is 5.97. The van der Waals surface area contributed by atoms with Gasteiger partial charge in [-0.3, -0.25) is 4.79 Å². The molecule has 4 rings (SSSR count). The fourth-order valence-electron chi connectivity index (χ4n) is 2.85. The predicted molar refractivity (Wildman–Crippen MR) is 76.3 cm³/mol. The topological polar surface area (TPSA) is 75.9 Å². The predicted octanol–water partition coefficient (Wildman–Crippen LogP) is 0.752. The molecule has 0 saturated carbocycles. The number of nitrogens with one attached hydrogen (secondary N) is 1. The summed E-state index contributed by atoms with van der Waals surface area (Å²) in [5.74, 6) is 2.17. The van der Waals surface area contributed by atoms with Crippen LogP contribution in [0.15, 0.2) is 18.6 Å². The van der Waals surface area contributed by atoms with Crippen molar-refractivity contribution in [3.8, 4) is 5.82 Å². The van der Waals surface area contributed by atoms with E-state index in [0.717, 1.165) is 24.6 Å². The number of carbonyl (C=O) groups excluding carboxylic acids is 1. The van der Waals surface area contributed by atoms with Crippen molar-refractivity contribution in [1.82, 2.24) is 25.1 Å². The first-order valence-corrected chi connectivity index (χ1v) is 7.15. The van der Waals surface area contributed by atoms with Gasteiger partial charge in [0.2, 0.25) is 0 Å². The van der Waals surface area contributed by atoms with Crippen molar-refractivity contribution in [2.45, 2.75) is 19.9 Å². The van der Waals surface area contributed by atoms with E-state index in [0.29, 0.717) is 23.8 Å². The molecule has 0 radical (unpaired) electrons. The minimum absolute atomic E-state index is 0.0770. The first-order chi connectivity index (χ1) is 10.2. The normalized spacial score (nSPS) is 20.7. The standard InChI is InChI=1S/C14H16N6O/c1-9-2-3-19(7-9)12-5-16-13(6-15-12)20-8-10-11(18-20)4-17-14(10)21/h5-6,8-9H,2-4,7H2,1H3,(H,17,21)/t9-/m0/s1. The van der Waals surface area contributed by atoms with E-state index in [1.54, 1.807) is 23.3 Å². The molecule has 1 saturated heterocycles. The molecule has 0 aliphatic carbocycles. The highest BCUT2D eigenvalue weighted by atomic mass is 16.2. The Kier molecular flexibility index (Phi) is 2.66. The van der Waals surface area contributed by atoms with Crippen molar-refractivity contribution < 1.29 is 4.79 Å². The molecule has 7 nitrogen and oxygen atoms in total. The molecular weight excluding hydrogens is 268 g/mol. The number of nitrogens with zero attached hydrogens (tertiary/aromatic N) is 5. The van der Waals surface area contributed by atoms with Gasteiger partial charge in [-0.2, -0.15) is 5.10 Å². The van der Waals surface area contributed by atoms with E-state index >= 15 is 0 Å². The van der Waals surface area contributed by atoms with Gasteiger partial charge in [0.25, 0.3) is 5.91 Å². The van der Waals surface area contributed by atoms with E-state index in [1.165, 1.54) is 6.42 Å². The molecule has 0 bridgehead atoms. The molecule has 21 heavy (non-hydrogen) atoms. The number of hydrogen-bond donors (Lipinski definition) is 1. The number of fused-ring (bicyclic) bond motifs is 1. The summed E-state index contributed by atoms with van der Waals surface area (Å²) in [6, 6.07) is 0. The second kappa shape index (κ2) is 4.54. The second-order valence-electron chi connectivity index (χ2n) is 5.69. The average molecular weight is 284 g/mol. The van der Waals surface area contributed by atoms with Crippen LogP contribution in [0.1, 0.15) is 29.4 Å². The van der Waals surface area contributed by atoms with Gasteiger partial charge in [-0.05, 0) is 12.3 Å². The number of aromatic nitrogens is 4. The molecule has 1 N–H and O–H groups in total.